The molecule has 0 saturated carbocycles. The van der Waals surface area contributed by atoms with Gasteiger partial charge in [0.05, 0.1) is 29.6 Å². The Morgan fingerprint density at radius 1 is 1.16 bits per heavy atom. The van der Waals surface area contributed by atoms with Crippen molar-refractivity contribution >= 4 is 56.0 Å². The summed E-state index contributed by atoms with van der Waals surface area (Å²) in [6.07, 6.45) is 3.46. The number of aromatic nitrogens is 2. The third-order valence-corrected chi connectivity index (χ3v) is 6.92. The van der Waals surface area contributed by atoms with Gasteiger partial charge in [-0.15, -0.1) is 11.8 Å². The largest absolute Gasteiger partial charge is 0.497 e. The molecule has 1 amide bonds. The number of amides is 1. The minimum Gasteiger partial charge on any atom is -0.497 e. The molecule has 0 bridgehead atoms. The third-order valence-electron chi connectivity index (χ3n) is 4.68. The highest BCUT2D eigenvalue weighted by Crippen LogP contribution is 2.34. The van der Waals surface area contributed by atoms with E-state index in [1.165, 1.54) is 23.1 Å². The number of nitrogens with zero attached hydrogens (tertiary/aromatic N) is 3. The van der Waals surface area contributed by atoms with Crippen LogP contribution in [0.3, 0.4) is 0 Å². The summed E-state index contributed by atoms with van der Waals surface area (Å²) >= 11 is 9.19. The number of rotatable bonds is 7. The van der Waals surface area contributed by atoms with Crippen LogP contribution in [0.2, 0.25) is 5.02 Å². The molecule has 2 aromatic carbocycles. The van der Waals surface area contributed by atoms with Gasteiger partial charge in [0.2, 0.25) is 5.91 Å². The smallest absolute Gasteiger partial charge is 0.239 e. The van der Waals surface area contributed by atoms with E-state index in [4.69, 9.17) is 21.3 Å². The van der Waals surface area contributed by atoms with Crippen molar-refractivity contribution < 1.29 is 9.53 Å². The van der Waals surface area contributed by atoms with Gasteiger partial charge < -0.3 is 4.74 Å². The van der Waals surface area contributed by atoms with Crippen LogP contribution in [-0.4, -0.2) is 28.7 Å². The molecule has 0 radical (unpaired) electrons. The summed E-state index contributed by atoms with van der Waals surface area (Å²) in [7, 11) is 1.63. The van der Waals surface area contributed by atoms with Crippen LogP contribution < -0.4 is 9.64 Å². The van der Waals surface area contributed by atoms with E-state index in [1.54, 1.807) is 24.4 Å². The van der Waals surface area contributed by atoms with E-state index in [0.717, 1.165) is 32.0 Å². The molecule has 0 N–H and O–H groups in total. The fourth-order valence-electron chi connectivity index (χ4n) is 3.09. The van der Waals surface area contributed by atoms with E-state index in [0.29, 0.717) is 22.5 Å². The van der Waals surface area contributed by atoms with E-state index < -0.39 is 0 Å². The van der Waals surface area contributed by atoms with Gasteiger partial charge in [-0.1, -0.05) is 22.9 Å². The minimum absolute atomic E-state index is 0.0135. The number of halogens is 1. The van der Waals surface area contributed by atoms with E-state index >= 15 is 0 Å². The first kappa shape index (κ1) is 21.6. The van der Waals surface area contributed by atoms with Gasteiger partial charge in [0, 0.05) is 22.3 Å². The number of benzene rings is 2. The Bertz CT molecular complexity index is 1200. The second kappa shape index (κ2) is 9.68. The monoisotopic (exact) mass is 469 g/mol. The standard InChI is InChI=1S/C23H20ClN3O2S2/c1-15-11-17(24)12-20-22(15)26-23(31-20)27(13-16-7-9-25-10-8-16)21(28)14-30-19-5-3-18(29-2)4-6-19/h3-12H,13-14H2,1-2H3. The summed E-state index contributed by atoms with van der Waals surface area (Å²) in [4.78, 5) is 24.9. The Morgan fingerprint density at radius 3 is 2.61 bits per heavy atom. The highest BCUT2D eigenvalue weighted by molar-refractivity contribution is 8.00. The number of thiazole rings is 1. The molecule has 0 atom stereocenters. The number of pyridine rings is 1. The molecule has 0 saturated heterocycles. The molecule has 4 aromatic rings. The maximum atomic E-state index is 13.3. The number of carbonyl (C=O) groups is 1. The number of thioether (sulfide) groups is 1. The maximum Gasteiger partial charge on any atom is 0.239 e. The van der Waals surface area contributed by atoms with Gasteiger partial charge in [-0.2, -0.15) is 0 Å². The average molecular weight is 470 g/mol. The summed E-state index contributed by atoms with van der Waals surface area (Å²) in [6, 6.07) is 15.3. The summed E-state index contributed by atoms with van der Waals surface area (Å²) in [5.41, 5.74) is 2.86. The summed E-state index contributed by atoms with van der Waals surface area (Å²) in [5, 5.41) is 1.33. The maximum absolute atomic E-state index is 13.3. The summed E-state index contributed by atoms with van der Waals surface area (Å²) < 4.78 is 6.17. The number of anilines is 1. The van der Waals surface area contributed by atoms with Crippen LogP contribution in [-0.2, 0) is 11.3 Å². The zero-order chi connectivity index (χ0) is 21.8. The first-order valence-corrected chi connectivity index (χ1v) is 11.7. The van der Waals surface area contributed by atoms with Crippen LogP contribution in [0, 0.1) is 6.92 Å². The van der Waals surface area contributed by atoms with Gasteiger partial charge in [0.15, 0.2) is 5.13 Å². The minimum atomic E-state index is -0.0135. The van der Waals surface area contributed by atoms with Gasteiger partial charge in [0.25, 0.3) is 0 Å². The Labute approximate surface area is 194 Å². The quantitative estimate of drug-likeness (QED) is 0.311. The van der Waals surface area contributed by atoms with Crippen LogP contribution in [0.15, 0.2) is 65.8 Å². The predicted molar refractivity (Wildman–Crippen MR) is 129 cm³/mol. The zero-order valence-corrected chi connectivity index (χ0v) is 19.4. The van der Waals surface area contributed by atoms with Gasteiger partial charge in [0.1, 0.15) is 5.75 Å². The van der Waals surface area contributed by atoms with E-state index in [9.17, 15) is 4.79 Å². The lowest BCUT2D eigenvalue weighted by molar-refractivity contribution is -0.116. The number of hydrogen-bond donors (Lipinski definition) is 0. The molecular weight excluding hydrogens is 450 g/mol. The molecule has 0 aliphatic heterocycles. The Morgan fingerprint density at radius 2 is 1.90 bits per heavy atom. The molecule has 158 valence electrons. The van der Waals surface area contributed by atoms with Crippen molar-refractivity contribution in [3.05, 3.63) is 77.1 Å². The second-order valence-electron chi connectivity index (χ2n) is 6.87. The third kappa shape index (κ3) is 5.18. The molecule has 0 aliphatic carbocycles. The Hall–Kier alpha value is -2.61. The lowest BCUT2D eigenvalue weighted by Gasteiger charge is -2.20. The van der Waals surface area contributed by atoms with Crippen LogP contribution in [0.1, 0.15) is 11.1 Å². The number of ether oxygens (including phenoxy) is 1. The number of methoxy groups -OCH3 is 1. The molecule has 2 aromatic heterocycles. The van der Waals surface area contributed by atoms with Gasteiger partial charge in [-0.25, -0.2) is 4.98 Å². The molecule has 0 spiro atoms. The van der Waals surface area contributed by atoms with Crippen molar-refractivity contribution in [3.63, 3.8) is 0 Å². The normalized spacial score (nSPS) is 10.9. The zero-order valence-electron chi connectivity index (χ0n) is 17.0. The lowest BCUT2D eigenvalue weighted by atomic mass is 10.2. The fourth-order valence-corrected chi connectivity index (χ4v) is 5.30. The number of hydrogen-bond acceptors (Lipinski definition) is 6. The lowest BCUT2D eigenvalue weighted by Crippen LogP contribution is -2.31. The van der Waals surface area contributed by atoms with Crippen molar-refractivity contribution in [2.24, 2.45) is 0 Å². The van der Waals surface area contributed by atoms with Crippen molar-refractivity contribution in [1.29, 1.82) is 0 Å². The van der Waals surface area contributed by atoms with Crippen LogP contribution in [0.25, 0.3) is 10.2 Å². The van der Waals surface area contributed by atoms with Crippen molar-refractivity contribution in [2.75, 3.05) is 17.8 Å². The van der Waals surface area contributed by atoms with Gasteiger partial charge >= 0.3 is 0 Å². The van der Waals surface area contributed by atoms with Gasteiger partial charge in [-0.05, 0) is 66.6 Å². The summed E-state index contributed by atoms with van der Waals surface area (Å²) in [6.45, 7) is 2.41. The molecule has 0 aliphatic rings. The Kier molecular flexibility index (Phi) is 6.75. The SMILES string of the molecule is COc1ccc(SCC(=O)N(Cc2ccncc2)c2nc3c(C)cc(Cl)cc3s2)cc1. The van der Waals surface area contributed by atoms with Crippen LogP contribution in [0.5, 0.6) is 5.75 Å². The molecule has 8 heteroatoms. The number of aryl methyl sites for hydroxylation is 1. The molecule has 2 heterocycles. The first-order chi connectivity index (χ1) is 15.0. The number of fused-ring (bicyclic) bond motifs is 1. The number of carbonyl (C=O) groups excluding carboxylic acids is 1. The van der Waals surface area contributed by atoms with Crippen LogP contribution >= 0.6 is 34.7 Å². The molecule has 0 fully saturated rings. The highest BCUT2D eigenvalue weighted by atomic mass is 35.5. The molecule has 5 nitrogen and oxygen atoms in total. The average Bonchev–Trinajstić information content (AvgIpc) is 3.21. The first-order valence-electron chi connectivity index (χ1n) is 9.56. The van der Waals surface area contributed by atoms with E-state index in [2.05, 4.69) is 4.98 Å². The van der Waals surface area contributed by atoms with E-state index in [1.807, 2.05) is 55.5 Å². The molecule has 31 heavy (non-hydrogen) atoms. The molecule has 0 unspecified atom stereocenters. The summed E-state index contributed by atoms with van der Waals surface area (Å²) in [5.74, 6) is 1.08. The van der Waals surface area contributed by atoms with Crippen molar-refractivity contribution in [2.45, 2.75) is 18.4 Å². The second-order valence-corrected chi connectivity index (χ2v) is 9.36. The molecule has 4 rings (SSSR count). The Balaban J connectivity index is 1.60. The molecular formula is C23H20ClN3O2S2. The van der Waals surface area contributed by atoms with E-state index in [-0.39, 0.29) is 5.91 Å². The topological polar surface area (TPSA) is 55.3 Å². The predicted octanol–water partition coefficient (Wildman–Crippen LogP) is 5.99. The van der Waals surface area contributed by atoms with Crippen molar-refractivity contribution in [3.8, 4) is 5.75 Å². The van der Waals surface area contributed by atoms with Crippen molar-refractivity contribution in [1.82, 2.24) is 9.97 Å². The van der Waals surface area contributed by atoms with Gasteiger partial charge in [-0.3, -0.25) is 14.7 Å². The highest BCUT2D eigenvalue weighted by Gasteiger charge is 2.21. The fraction of sp³-hybridized carbons (Fsp3) is 0.174. The van der Waals surface area contributed by atoms with Crippen LogP contribution in [0.4, 0.5) is 5.13 Å².